The molecular weight excluding hydrogens is 278 g/mol. The summed E-state index contributed by atoms with van der Waals surface area (Å²) in [6, 6.07) is 0.863. The Bertz CT molecular complexity index is 574. The average Bonchev–Trinajstić information content (AvgIpc) is 2.78. The monoisotopic (exact) mass is 291 g/mol. The summed E-state index contributed by atoms with van der Waals surface area (Å²) in [4.78, 5) is 21.9. The van der Waals surface area contributed by atoms with Gasteiger partial charge in [0.25, 0.3) is 10.0 Å². The van der Waals surface area contributed by atoms with Crippen LogP contribution in [0.2, 0.25) is 0 Å². The lowest BCUT2D eigenvalue weighted by molar-refractivity contribution is -0.138. The summed E-state index contributed by atoms with van der Waals surface area (Å²) in [6.45, 7) is 2.87. The third-order valence-corrected chi connectivity index (χ3v) is 3.44. The molecule has 0 bridgehead atoms. The van der Waals surface area contributed by atoms with Gasteiger partial charge in [-0.2, -0.15) is 4.72 Å². The van der Waals surface area contributed by atoms with Crippen molar-refractivity contribution in [2.24, 2.45) is 0 Å². The molecule has 9 heteroatoms. The van der Waals surface area contributed by atoms with E-state index in [9.17, 15) is 18.0 Å². The molecule has 19 heavy (non-hydrogen) atoms. The van der Waals surface area contributed by atoms with Crippen molar-refractivity contribution < 1.29 is 32.3 Å². The van der Waals surface area contributed by atoms with Crippen LogP contribution in [0.1, 0.15) is 24.4 Å². The minimum absolute atomic E-state index is 0.121. The fraction of sp³-hybridized carbons (Fsp3) is 0.400. The Balaban J connectivity index is 2.91. The fourth-order valence-electron chi connectivity index (χ4n) is 1.12. The first-order chi connectivity index (χ1) is 8.77. The number of hydrogen-bond acceptors (Lipinski definition) is 6. The molecule has 0 aromatic carbocycles. The summed E-state index contributed by atoms with van der Waals surface area (Å²) in [5.74, 6) is -2.40. The highest BCUT2D eigenvalue weighted by molar-refractivity contribution is 7.89. The average molecular weight is 291 g/mol. The van der Waals surface area contributed by atoms with Crippen LogP contribution in [0.3, 0.4) is 0 Å². The summed E-state index contributed by atoms with van der Waals surface area (Å²) in [5.41, 5.74) is 0. The maximum absolute atomic E-state index is 11.7. The van der Waals surface area contributed by atoms with Crippen molar-refractivity contribution in [2.75, 3.05) is 6.61 Å². The smallest absolute Gasteiger partial charge is 0.374 e. The molecule has 0 amide bonds. The topological polar surface area (TPSA) is 123 Å². The van der Waals surface area contributed by atoms with Gasteiger partial charge < -0.3 is 14.3 Å². The van der Waals surface area contributed by atoms with Gasteiger partial charge in [-0.3, -0.25) is 4.79 Å². The van der Waals surface area contributed by atoms with Gasteiger partial charge in [-0.05, 0) is 26.0 Å². The number of rotatable bonds is 6. The number of hydrogen-bond donors (Lipinski definition) is 2. The van der Waals surface area contributed by atoms with Gasteiger partial charge in [0.1, 0.15) is 6.04 Å². The van der Waals surface area contributed by atoms with Gasteiger partial charge in [-0.15, -0.1) is 0 Å². The number of carbonyl (C=O) groups is 2. The highest BCUT2D eigenvalue weighted by atomic mass is 32.2. The quantitative estimate of drug-likeness (QED) is 0.718. The van der Waals surface area contributed by atoms with Gasteiger partial charge in [-0.25, -0.2) is 13.2 Å². The SMILES string of the molecule is CCOC(=O)c1ccc(S(=O)(=O)N[C@@H](C)C(=O)O)o1. The van der Waals surface area contributed by atoms with Crippen LogP contribution in [0.5, 0.6) is 0 Å². The molecule has 1 atom stereocenters. The zero-order chi connectivity index (χ0) is 14.6. The van der Waals surface area contributed by atoms with Gasteiger partial charge in [0.15, 0.2) is 0 Å². The molecule has 1 rings (SSSR count). The molecule has 0 aliphatic rings. The zero-order valence-corrected chi connectivity index (χ0v) is 11.1. The molecule has 0 aliphatic carbocycles. The molecule has 106 valence electrons. The molecule has 1 heterocycles. The number of furan rings is 1. The van der Waals surface area contributed by atoms with E-state index in [1.165, 1.54) is 0 Å². The molecule has 0 saturated heterocycles. The second-order valence-electron chi connectivity index (χ2n) is 3.52. The van der Waals surface area contributed by atoms with Crippen molar-refractivity contribution in [3.63, 3.8) is 0 Å². The van der Waals surface area contributed by atoms with Crippen molar-refractivity contribution in [1.29, 1.82) is 0 Å². The first-order valence-electron chi connectivity index (χ1n) is 5.30. The van der Waals surface area contributed by atoms with Crippen LogP contribution in [-0.4, -0.2) is 38.1 Å². The predicted molar refractivity (Wildman–Crippen MR) is 62.1 cm³/mol. The lowest BCUT2D eigenvalue weighted by Gasteiger charge is -2.07. The van der Waals surface area contributed by atoms with Gasteiger partial charge in [-0.1, -0.05) is 0 Å². The Hall–Kier alpha value is -1.87. The Kier molecular flexibility index (Phi) is 4.67. The molecule has 0 aliphatic heterocycles. The standard InChI is InChI=1S/C10H13NO7S/c1-3-17-10(14)7-4-5-8(18-7)19(15,16)11-6(2)9(12)13/h4-6,11H,3H2,1-2H3,(H,12,13)/t6-/m0/s1. The summed E-state index contributed by atoms with van der Waals surface area (Å²) < 4.78 is 34.8. The number of sulfonamides is 1. The van der Waals surface area contributed by atoms with Crippen LogP contribution in [0.4, 0.5) is 0 Å². The molecular formula is C10H13NO7S. The molecule has 0 saturated carbocycles. The van der Waals surface area contributed by atoms with Crippen LogP contribution in [0.15, 0.2) is 21.6 Å². The lowest BCUT2D eigenvalue weighted by Crippen LogP contribution is -2.38. The van der Waals surface area contributed by atoms with Crippen molar-refractivity contribution >= 4 is 22.0 Å². The molecule has 0 unspecified atom stereocenters. The van der Waals surface area contributed by atoms with Crippen LogP contribution < -0.4 is 4.72 Å². The third kappa shape index (κ3) is 3.80. The highest BCUT2D eigenvalue weighted by Crippen LogP contribution is 2.15. The molecule has 0 radical (unpaired) electrons. The summed E-state index contributed by atoms with van der Waals surface area (Å²) in [6.07, 6.45) is 0. The van der Waals surface area contributed by atoms with Gasteiger partial charge >= 0.3 is 11.9 Å². The first-order valence-corrected chi connectivity index (χ1v) is 6.78. The number of ether oxygens (including phenoxy) is 1. The molecule has 0 spiro atoms. The Morgan fingerprint density at radius 3 is 2.63 bits per heavy atom. The van der Waals surface area contributed by atoms with Crippen LogP contribution in [0.25, 0.3) is 0 Å². The summed E-state index contributed by atoms with van der Waals surface area (Å²) in [7, 11) is -4.14. The van der Waals surface area contributed by atoms with E-state index in [1.54, 1.807) is 6.92 Å². The van der Waals surface area contributed by atoms with Crippen LogP contribution in [-0.2, 0) is 19.6 Å². The van der Waals surface area contributed by atoms with Gasteiger partial charge in [0.2, 0.25) is 10.9 Å². The third-order valence-electron chi connectivity index (χ3n) is 2.03. The normalized spacial score (nSPS) is 12.9. The lowest BCUT2D eigenvalue weighted by atomic mass is 10.4. The number of esters is 1. The maximum Gasteiger partial charge on any atom is 0.374 e. The minimum Gasteiger partial charge on any atom is -0.480 e. The van der Waals surface area contributed by atoms with E-state index in [0.717, 1.165) is 19.1 Å². The van der Waals surface area contributed by atoms with E-state index in [2.05, 4.69) is 4.74 Å². The van der Waals surface area contributed by atoms with E-state index in [0.29, 0.717) is 0 Å². The highest BCUT2D eigenvalue weighted by Gasteiger charge is 2.25. The van der Waals surface area contributed by atoms with E-state index in [-0.39, 0.29) is 12.4 Å². The van der Waals surface area contributed by atoms with Gasteiger partial charge in [0.05, 0.1) is 6.61 Å². The molecule has 8 nitrogen and oxygen atoms in total. The number of carbonyl (C=O) groups excluding carboxylic acids is 1. The minimum atomic E-state index is -4.14. The first kappa shape index (κ1) is 15.2. The maximum atomic E-state index is 11.7. The van der Waals surface area contributed by atoms with Crippen molar-refractivity contribution in [2.45, 2.75) is 25.0 Å². The fourth-order valence-corrected chi connectivity index (χ4v) is 2.25. The molecule has 0 fully saturated rings. The largest absolute Gasteiger partial charge is 0.480 e. The van der Waals surface area contributed by atoms with E-state index >= 15 is 0 Å². The van der Waals surface area contributed by atoms with Crippen LogP contribution in [0, 0.1) is 0 Å². The van der Waals surface area contributed by atoms with E-state index in [1.807, 2.05) is 4.72 Å². The van der Waals surface area contributed by atoms with E-state index in [4.69, 9.17) is 9.52 Å². The second kappa shape index (κ2) is 5.85. The second-order valence-corrected chi connectivity index (χ2v) is 5.17. The van der Waals surface area contributed by atoms with Crippen LogP contribution >= 0.6 is 0 Å². The van der Waals surface area contributed by atoms with Gasteiger partial charge in [0, 0.05) is 0 Å². The molecule has 1 aromatic rings. The zero-order valence-electron chi connectivity index (χ0n) is 10.2. The number of nitrogens with one attached hydrogen (secondary N) is 1. The van der Waals surface area contributed by atoms with E-state index < -0.39 is 33.1 Å². The van der Waals surface area contributed by atoms with Crippen molar-refractivity contribution in [3.8, 4) is 0 Å². The number of carboxylic acid groups (broad SMARTS) is 1. The Labute approximate surface area is 109 Å². The summed E-state index contributed by atoms with van der Waals surface area (Å²) in [5, 5.41) is 8.07. The predicted octanol–water partition coefficient (Wildman–Crippen LogP) is 0.208. The van der Waals surface area contributed by atoms with Crippen molar-refractivity contribution in [1.82, 2.24) is 4.72 Å². The molecule has 2 N–H and O–H groups in total. The molecule has 1 aromatic heterocycles. The number of aliphatic carboxylic acids is 1. The Morgan fingerprint density at radius 1 is 1.47 bits per heavy atom. The van der Waals surface area contributed by atoms with Crippen molar-refractivity contribution in [3.05, 3.63) is 17.9 Å². The number of carboxylic acids is 1. The Morgan fingerprint density at radius 2 is 2.11 bits per heavy atom. The summed E-state index contributed by atoms with van der Waals surface area (Å²) >= 11 is 0.